The van der Waals surface area contributed by atoms with Crippen LogP contribution in [0.15, 0.2) is 6.20 Å². The molecule has 0 fully saturated rings. The average Bonchev–Trinajstić information content (AvgIpc) is 2.44. The summed E-state index contributed by atoms with van der Waals surface area (Å²) < 4.78 is 18.7. The van der Waals surface area contributed by atoms with Gasteiger partial charge < -0.3 is 38.2 Å². The Morgan fingerprint density at radius 2 is 1.95 bits per heavy atom. The van der Waals surface area contributed by atoms with Gasteiger partial charge in [-0.2, -0.15) is 0 Å². The number of pyridine rings is 1. The van der Waals surface area contributed by atoms with Crippen molar-refractivity contribution >= 4 is 5.97 Å². The van der Waals surface area contributed by atoms with Gasteiger partial charge in [0, 0.05) is 19.4 Å². The second-order valence-electron chi connectivity index (χ2n) is 5.23. The Hall–Kier alpha value is -0.730. The monoisotopic (exact) mass is 393 g/mol. The first-order valence-corrected chi connectivity index (χ1v) is 6.27. The minimum Gasteiger partial charge on any atom is -1.00 e. The highest BCUT2D eigenvalue weighted by molar-refractivity contribution is 5.70. The van der Waals surface area contributed by atoms with E-state index in [2.05, 4.69) is 0 Å². The van der Waals surface area contributed by atoms with Crippen molar-refractivity contribution < 1.29 is 47.5 Å². The van der Waals surface area contributed by atoms with E-state index >= 15 is 0 Å². The van der Waals surface area contributed by atoms with Crippen molar-refractivity contribution in [1.29, 1.82) is 0 Å². The molecule has 6 heteroatoms. The maximum atomic E-state index is 11.3. The summed E-state index contributed by atoms with van der Waals surface area (Å²) in [7, 11) is 1.92. The highest BCUT2D eigenvalue weighted by Gasteiger charge is 2.30. The Bertz CT molecular complexity index is 528. The molecule has 0 aliphatic carbocycles. The maximum absolute atomic E-state index is 11.3. The van der Waals surface area contributed by atoms with Crippen molar-refractivity contribution in [3.8, 4) is 5.75 Å². The van der Waals surface area contributed by atoms with E-state index in [4.69, 9.17) is 14.2 Å². The van der Waals surface area contributed by atoms with Gasteiger partial charge in [0.25, 0.3) is 0 Å². The fourth-order valence-corrected chi connectivity index (χ4v) is 2.03. The first-order valence-electron chi connectivity index (χ1n) is 6.27. The summed E-state index contributed by atoms with van der Waals surface area (Å²) in [6.07, 6.45) is 1.99. The Morgan fingerprint density at radius 3 is 2.55 bits per heavy atom. The summed E-state index contributed by atoms with van der Waals surface area (Å²) in [6.45, 7) is 7.86. The zero-order chi connectivity index (χ0) is 14.2. The van der Waals surface area contributed by atoms with E-state index in [1.165, 1.54) is 6.92 Å². The van der Waals surface area contributed by atoms with E-state index in [-0.39, 0.29) is 29.9 Å². The number of rotatable bonds is 1. The molecule has 0 amide bonds. The van der Waals surface area contributed by atoms with Crippen molar-refractivity contribution in [2.24, 2.45) is 7.05 Å². The maximum Gasteiger partial charge on any atom is 0.308 e. The van der Waals surface area contributed by atoms with Crippen LogP contribution in [0, 0.1) is 6.92 Å². The molecule has 0 spiro atoms. The predicted octanol–water partition coefficient (Wildman–Crippen LogP) is -1.47. The number of esters is 1. The normalized spacial score (nSPS) is 16.6. The van der Waals surface area contributed by atoms with Gasteiger partial charge >= 0.3 is 5.97 Å². The molecule has 1 aliphatic heterocycles. The van der Waals surface area contributed by atoms with Gasteiger partial charge in [0.2, 0.25) is 11.4 Å². The van der Waals surface area contributed by atoms with E-state index in [1.54, 1.807) is 0 Å². The summed E-state index contributed by atoms with van der Waals surface area (Å²) in [5.41, 5.74) is 2.75. The minimum absolute atomic E-state index is 0. The van der Waals surface area contributed by atoms with Gasteiger partial charge in [-0.25, -0.2) is 4.57 Å². The minimum atomic E-state index is -0.640. The first kappa shape index (κ1) is 17.3. The smallest absolute Gasteiger partial charge is 0.308 e. The zero-order valence-electron chi connectivity index (χ0n) is 12.4. The van der Waals surface area contributed by atoms with Gasteiger partial charge in [-0.15, -0.1) is 0 Å². The van der Waals surface area contributed by atoms with Crippen LogP contribution in [0.4, 0.5) is 0 Å². The highest BCUT2D eigenvalue weighted by atomic mass is 127. The van der Waals surface area contributed by atoms with Gasteiger partial charge in [0.05, 0.1) is 18.8 Å². The van der Waals surface area contributed by atoms with E-state index in [9.17, 15) is 4.79 Å². The van der Waals surface area contributed by atoms with Crippen LogP contribution in [0.25, 0.3) is 0 Å². The number of aromatic nitrogens is 1. The molecule has 112 valence electrons. The molecule has 0 saturated carbocycles. The molecule has 2 heterocycles. The van der Waals surface area contributed by atoms with Gasteiger partial charge in [-0.3, -0.25) is 4.79 Å². The zero-order valence-corrected chi connectivity index (χ0v) is 14.6. The van der Waals surface area contributed by atoms with Crippen molar-refractivity contribution in [3.63, 3.8) is 0 Å². The summed E-state index contributed by atoms with van der Waals surface area (Å²) in [4.78, 5) is 11.3. The van der Waals surface area contributed by atoms with Crippen LogP contribution in [0.2, 0.25) is 0 Å². The summed E-state index contributed by atoms with van der Waals surface area (Å²) in [5.74, 6) is -0.395. The van der Waals surface area contributed by atoms with Crippen molar-refractivity contribution in [1.82, 2.24) is 0 Å². The summed E-state index contributed by atoms with van der Waals surface area (Å²) >= 11 is 0. The number of hydrogen-bond acceptors (Lipinski definition) is 4. The van der Waals surface area contributed by atoms with Crippen LogP contribution in [0.1, 0.15) is 37.6 Å². The lowest BCUT2D eigenvalue weighted by atomic mass is 10.1. The van der Waals surface area contributed by atoms with Crippen LogP contribution >= 0.6 is 0 Å². The molecule has 5 nitrogen and oxygen atoms in total. The molecule has 1 aromatic heterocycles. The number of halogens is 1. The van der Waals surface area contributed by atoms with E-state index < -0.39 is 5.79 Å². The standard InChI is InChI=1S/C14H20NO4.HI/c1-9-13(19-10(2)16)12-8-18-14(3,4)17-7-11(12)6-15(9)5;/h6H,7-8H2,1-5H3;1H/q+1;/p-1. The molecule has 0 radical (unpaired) electrons. The van der Waals surface area contributed by atoms with Gasteiger partial charge in [0.1, 0.15) is 7.05 Å². The van der Waals surface area contributed by atoms with Crippen LogP contribution in [0.5, 0.6) is 5.75 Å². The van der Waals surface area contributed by atoms with Crippen LogP contribution in [-0.4, -0.2) is 11.8 Å². The van der Waals surface area contributed by atoms with Gasteiger partial charge in [-0.05, 0) is 13.8 Å². The SMILES string of the molecule is CC(=O)Oc1c2c(c[n+](C)c1C)COC(C)(C)OC2.[I-]. The molecule has 2 rings (SSSR count). The molecule has 0 saturated heterocycles. The Morgan fingerprint density at radius 1 is 1.35 bits per heavy atom. The Kier molecular flexibility index (Phi) is 5.51. The fourth-order valence-electron chi connectivity index (χ4n) is 2.03. The van der Waals surface area contributed by atoms with Crippen molar-refractivity contribution in [3.05, 3.63) is 23.0 Å². The molecular weight excluding hydrogens is 373 g/mol. The number of carbonyl (C=O) groups is 1. The third-order valence-corrected chi connectivity index (χ3v) is 3.25. The third-order valence-electron chi connectivity index (χ3n) is 3.25. The summed E-state index contributed by atoms with van der Waals surface area (Å²) in [5, 5.41) is 0. The molecule has 1 aromatic rings. The number of hydrogen-bond donors (Lipinski definition) is 0. The second kappa shape index (κ2) is 6.36. The third kappa shape index (κ3) is 3.67. The van der Waals surface area contributed by atoms with Gasteiger partial charge in [0.15, 0.2) is 12.0 Å². The van der Waals surface area contributed by atoms with Crippen LogP contribution in [0.3, 0.4) is 0 Å². The number of carbonyl (C=O) groups excluding carboxylic acids is 1. The lowest BCUT2D eigenvalue weighted by molar-refractivity contribution is -0.678. The topological polar surface area (TPSA) is 48.6 Å². The molecule has 20 heavy (non-hydrogen) atoms. The summed E-state index contributed by atoms with van der Waals surface area (Å²) in [6, 6.07) is 0. The average molecular weight is 393 g/mol. The lowest BCUT2D eigenvalue weighted by Crippen LogP contribution is -3.00. The number of nitrogens with zero attached hydrogens (tertiary/aromatic N) is 1. The van der Waals surface area contributed by atoms with Crippen LogP contribution in [-0.2, 0) is 34.5 Å². The fraction of sp³-hybridized carbons (Fsp3) is 0.571. The van der Waals surface area contributed by atoms with E-state index in [0.717, 1.165) is 16.8 Å². The van der Waals surface area contributed by atoms with E-state index in [0.29, 0.717) is 19.0 Å². The quantitative estimate of drug-likeness (QED) is 0.332. The molecule has 1 aliphatic rings. The second-order valence-corrected chi connectivity index (χ2v) is 5.23. The molecular formula is C14H20INO4. The predicted molar refractivity (Wildman–Crippen MR) is 67.3 cm³/mol. The molecule has 0 bridgehead atoms. The lowest BCUT2D eigenvalue weighted by Gasteiger charge is -2.22. The number of fused-ring (bicyclic) bond motifs is 1. The first-order chi connectivity index (χ1) is 8.80. The molecule has 0 N–H and O–H groups in total. The largest absolute Gasteiger partial charge is 1.00 e. The molecule has 0 aromatic carbocycles. The number of ether oxygens (including phenoxy) is 3. The molecule has 0 unspecified atom stereocenters. The Balaban J connectivity index is 0.00000200. The molecule has 0 atom stereocenters. The van der Waals surface area contributed by atoms with E-state index in [1.807, 2.05) is 38.6 Å². The highest BCUT2D eigenvalue weighted by Crippen LogP contribution is 2.31. The van der Waals surface area contributed by atoms with Crippen molar-refractivity contribution in [2.75, 3.05) is 0 Å². The number of aryl methyl sites for hydroxylation is 1. The van der Waals surface area contributed by atoms with Crippen molar-refractivity contribution in [2.45, 2.75) is 46.7 Å². The Labute approximate surface area is 136 Å². The van der Waals surface area contributed by atoms with Gasteiger partial charge in [-0.1, -0.05) is 0 Å². The van der Waals surface area contributed by atoms with Crippen LogP contribution < -0.4 is 33.3 Å².